The summed E-state index contributed by atoms with van der Waals surface area (Å²) >= 11 is 0. The van der Waals surface area contributed by atoms with Gasteiger partial charge in [0.05, 0.1) is 12.7 Å². The van der Waals surface area contributed by atoms with Gasteiger partial charge in [-0.05, 0) is 30.3 Å². The van der Waals surface area contributed by atoms with Crippen LogP contribution in [-0.4, -0.2) is 25.0 Å². The number of amides is 1. The van der Waals surface area contributed by atoms with E-state index in [1.54, 1.807) is 24.3 Å². The zero-order chi connectivity index (χ0) is 14.7. The smallest absolute Gasteiger partial charge is 0.261 e. The van der Waals surface area contributed by atoms with E-state index in [2.05, 4.69) is 4.98 Å². The van der Waals surface area contributed by atoms with Gasteiger partial charge < -0.3 is 9.64 Å². The number of aromatic nitrogens is 1. The van der Waals surface area contributed by atoms with Crippen LogP contribution in [-0.2, 0) is 0 Å². The highest BCUT2D eigenvalue weighted by Crippen LogP contribution is 2.20. The molecule has 0 aliphatic heterocycles. The summed E-state index contributed by atoms with van der Waals surface area (Å²) in [4.78, 5) is 16.5. The van der Waals surface area contributed by atoms with Crippen LogP contribution in [0, 0.1) is 11.8 Å². The molecule has 6 heteroatoms. The maximum atomic E-state index is 13.5. The fourth-order valence-corrected chi connectivity index (χ4v) is 1.69. The predicted molar refractivity (Wildman–Crippen MR) is 69.9 cm³/mol. The van der Waals surface area contributed by atoms with Crippen molar-refractivity contribution in [2.45, 2.75) is 0 Å². The summed E-state index contributed by atoms with van der Waals surface area (Å²) in [6, 6.07) is 7.77. The fraction of sp³-hybridized carbons (Fsp3) is 0.143. The van der Waals surface area contributed by atoms with Gasteiger partial charge in [-0.15, -0.1) is 0 Å². The first kappa shape index (κ1) is 13.9. The molecule has 1 amide bonds. The molecule has 1 aromatic heterocycles. The van der Waals surface area contributed by atoms with Crippen LogP contribution in [0.15, 0.2) is 36.5 Å². The van der Waals surface area contributed by atoms with E-state index >= 15 is 0 Å². The highest BCUT2D eigenvalue weighted by atomic mass is 19.2. The van der Waals surface area contributed by atoms with Crippen molar-refractivity contribution in [1.82, 2.24) is 4.98 Å². The van der Waals surface area contributed by atoms with Crippen molar-refractivity contribution >= 4 is 11.6 Å². The number of carbonyl (C=O) groups excluding carboxylic acids is 1. The maximum absolute atomic E-state index is 13.5. The number of halogens is 2. The highest BCUT2D eigenvalue weighted by Gasteiger charge is 2.20. The Kier molecular flexibility index (Phi) is 3.93. The first-order valence-electron chi connectivity index (χ1n) is 5.76. The minimum atomic E-state index is -1.29. The van der Waals surface area contributed by atoms with Gasteiger partial charge in [0.25, 0.3) is 5.91 Å². The Labute approximate surface area is 114 Å². The minimum absolute atomic E-state index is 0.365. The van der Waals surface area contributed by atoms with E-state index in [1.165, 1.54) is 19.1 Å². The monoisotopic (exact) mass is 278 g/mol. The molecule has 0 atom stereocenters. The topological polar surface area (TPSA) is 42.4 Å². The third kappa shape index (κ3) is 2.59. The molecule has 0 saturated carbocycles. The maximum Gasteiger partial charge on any atom is 0.261 e. The van der Waals surface area contributed by atoms with Gasteiger partial charge in [0.2, 0.25) is 5.95 Å². The molecule has 0 spiro atoms. The molecule has 0 radical (unpaired) electrons. The number of benzene rings is 1. The Bertz CT molecular complexity index is 630. The van der Waals surface area contributed by atoms with Crippen molar-refractivity contribution < 1.29 is 18.3 Å². The number of hydrogen-bond donors (Lipinski definition) is 0. The Hall–Kier alpha value is -2.50. The molecule has 2 aromatic rings. The van der Waals surface area contributed by atoms with Crippen LogP contribution in [0.2, 0.25) is 0 Å². The Morgan fingerprint density at radius 3 is 2.45 bits per heavy atom. The Morgan fingerprint density at radius 1 is 1.20 bits per heavy atom. The van der Waals surface area contributed by atoms with E-state index in [-0.39, 0.29) is 5.56 Å². The first-order valence-corrected chi connectivity index (χ1v) is 5.76. The van der Waals surface area contributed by atoms with E-state index in [1.807, 2.05) is 0 Å². The highest BCUT2D eigenvalue weighted by molar-refractivity contribution is 6.05. The predicted octanol–water partition coefficient (Wildman–Crippen LogP) is 2.65. The zero-order valence-corrected chi connectivity index (χ0v) is 10.9. The summed E-state index contributed by atoms with van der Waals surface area (Å²) in [7, 11) is 3.00. The quantitative estimate of drug-likeness (QED) is 0.811. The lowest BCUT2D eigenvalue weighted by Crippen LogP contribution is -2.27. The molecular weight excluding hydrogens is 266 g/mol. The molecule has 0 aliphatic carbocycles. The Morgan fingerprint density at radius 2 is 1.85 bits per heavy atom. The van der Waals surface area contributed by atoms with Gasteiger partial charge in [0.1, 0.15) is 5.75 Å². The first-order chi connectivity index (χ1) is 9.54. The number of hydrogen-bond acceptors (Lipinski definition) is 3. The van der Waals surface area contributed by atoms with Crippen molar-refractivity contribution in [3.05, 3.63) is 53.9 Å². The summed E-state index contributed by atoms with van der Waals surface area (Å²) in [6.07, 6.45) is 1.05. The summed E-state index contributed by atoms with van der Waals surface area (Å²) in [6.45, 7) is 0. The van der Waals surface area contributed by atoms with Crippen molar-refractivity contribution in [3.63, 3.8) is 0 Å². The standard InChI is InChI=1S/C14H12F2N2O2/c1-18(9-3-5-10(20-2)6-4-9)14(19)11-7-8-17-13(16)12(11)15/h3-8H,1-2H3. The minimum Gasteiger partial charge on any atom is -0.497 e. The molecule has 2 rings (SSSR count). The molecule has 0 bridgehead atoms. The molecule has 1 aromatic carbocycles. The number of carbonyl (C=O) groups is 1. The number of ether oxygens (including phenoxy) is 1. The number of nitrogens with zero attached hydrogens (tertiary/aromatic N) is 2. The molecule has 20 heavy (non-hydrogen) atoms. The van der Waals surface area contributed by atoms with Gasteiger partial charge in [0.15, 0.2) is 5.82 Å². The molecule has 4 nitrogen and oxygen atoms in total. The van der Waals surface area contributed by atoms with Crippen molar-refractivity contribution in [2.75, 3.05) is 19.1 Å². The Balaban J connectivity index is 2.29. The van der Waals surface area contributed by atoms with Gasteiger partial charge in [-0.3, -0.25) is 4.79 Å². The molecule has 0 fully saturated rings. The molecule has 0 N–H and O–H groups in total. The van der Waals surface area contributed by atoms with Gasteiger partial charge in [0, 0.05) is 18.9 Å². The molecular formula is C14H12F2N2O2. The van der Waals surface area contributed by atoms with E-state index < -0.39 is 17.7 Å². The van der Waals surface area contributed by atoms with Crippen LogP contribution in [0.4, 0.5) is 14.5 Å². The number of methoxy groups -OCH3 is 1. The molecule has 0 unspecified atom stereocenters. The summed E-state index contributed by atoms with van der Waals surface area (Å²) in [5.41, 5.74) is 0.170. The summed E-state index contributed by atoms with van der Waals surface area (Å²) in [5.74, 6) is -2.57. The van der Waals surface area contributed by atoms with Crippen LogP contribution in [0.3, 0.4) is 0 Å². The van der Waals surface area contributed by atoms with E-state index in [0.29, 0.717) is 11.4 Å². The van der Waals surface area contributed by atoms with Gasteiger partial charge >= 0.3 is 0 Å². The zero-order valence-electron chi connectivity index (χ0n) is 10.9. The van der Waals surface area contributed by atoms with Crippen molar-refractivity contribution in [3.8, 4) is 5.75 Å². The van der Waals surface area contributed by atoms with Gasteiger partial charge in [-0.25, -0.2) is 9.37 Å². The van der Waals surface area contributed by atoms with Crippen LogP contribution < -0.4 is 9.64 Å². The van der Waals surface area contributed by atoms with Gasteiger partial charge in [-0.2, -0.15) is 4.39 Å². The molecule has 1 heterocycles. The molecule has 0 aliphatic rings. The SMILES string of the molecule is COc1ccc(N(C)C(=O)c2ccnc(F)c2F)cc1. The van der Waals surface area contributed by atoms with Gasteiger partial charge in [-0.1, -0.05) is 0 Å². The van der Waals surface area contributed by atoms with Crippen LogP contribution in [0.5, 0.6) is 5.75 Å². The van der Waals surface area contributed by atoms with Crippen LogP contribution >= 0.6 is 0 Å². The number of rotatable bonds is 3. The second-order valence-electron chi connectivity index (χ2n) is 4.03. The second-order valence-corrected chi connectivity index (χ2v) is 4.03. The average Bonchev–Trinajstić information content (AvgIpc) is 2.48. The largest absolute Gasteiger partial charge is 0.497 e. The summed E-state index contributed by atoms with van der Waals surface area (Å²) < 4.78 is 31.6. The third-order valence-electron chi connectivity index (χ3n) is 2.84. The third-order valence-corrected chi connectivity index (χ3v) is 2.84. The fourth-order valence-electron chi connectivity index (χ4n) is 1.69. The van der Waals surface area contributed by atoms with Crippen molar-refractivity contribution in [2.24, 2.45) is 0 Å². The van der Waals surface area contributed by atoms with Crippen LogP contribution in [0.25, 0.3) is 0 Å². The number of anilines is 1. The second kappa shape index (κ2) is 5.64. The average molecular weight is 278 g/mol. The summed E-state index contributed by atoms with van der Waals surface area (Å²) in [5, 5.41) is 0. The van der Waals surface area contributed by atoms with E-state index in [9.17, 15) is 13.6 Å². The molecule has 104 valence electrons. The number of pyridine rings is 1. The lowest BCUT2D eigenvalue weighted by molar-refractivity contribution is 0.0987. The van der Waals surface area contributed by atoms with E-state index in [0.717, 1.165) is 12.3 Å². The van der Waals surface area contributed by atoms with Crippen molar-refractivity contribution in [1.29, 1.82) is 0 Å². The van der Waals surface area contributed by atoms with E-state index in [4.69, 9.17) is 4.74 Å². The molecule has 0 saturated heterocycles. The van der Waals surface area contributed by atoms with Crippen LogP contribution in [0.1, 0.15) is 10.4 Å². The lowest BCUT2D eigenvalue weighted by atomic mass is 10.2. The normalized spacial score (nSPS) is 10.2. The lowest BCUT2D eigenvalue weighted by Gasteiger charge is -2.18.